The van der Waals surface area contributed by atoms with Crippen molar-refractivity contribution in [2.75, 3.05) is 0 Å². The van der Waals surface area contributed by atoms with E-state index in [0.29, 0.717) is 12.5 Å². The molecule has 1 aliphatic heterocycles. The van der Waals surface area contributed by atoms with Crippen LogP contribution < -0.4 is 5.43 Å². The number of hydrogen-bond donors (Lipinski definition) is 1. The summed E-state index contributed by atoms with van der Waals surface area (Å²) in [6, 6.07) is 9.64. The number of halogens is 1. The van der Waals surface area contributed by atoms with Gasteiger partial charge in [0.05, 0.1) is 6.21 Å². The maximum Gasteiger partial charge on any atom is 0.211 e. The highest BCUT2D eigenvalue weighted by Gasteiger charge is 2.06. The first-order chi connectivity index (χ1) is 7.34. The van der Waals surface area contributed by atoms with Crippen molar-refractivity contribution < 1.29 is 9.22 Å². The minimum absolute atomic E-state index is 0.0975. The number of allylic oxidation sites excluding steroid dienone is 1. The maximum atomic E-state index is 12.6. The monoisotopic (exact) mass is 207 g/mol. The summed E-state index contributed by atoms with van der Waals surface area (Å²) in [5, 5.41) is 3.41. The van der Waals surface area contributed by atoms with E-state index in [4.69, 9.17) is 4.74 Å². The molecule has 1 aromatic carbocycles. The summed E-state index contributed by atoms with van der Waals surface area (Å²) >= 11 is 0. The largest absolute Gasteiger partial charge is 0.473 e. The number of hydrogen-bond acceptors (Lipinski definition) is 4. The first kappa shape index (κ1) is 9.51. The van der Waals surface area contributed by atoms with Gasteiger partial charge in [0.25, 0.3) is 0 Å². The lowest BCUT2D eigenvalue weighted by Crippen LogP contribution is -2.29. The number of hydrazine groups is 1. The Morgan fingerprint density at radius 1 is 1.33 bits per heavy atom. The SMILES string of the molecule is FN1N=CC=C(OCc2ccccc2)N1. The second-order valence-corrected chi connectivity index (χ2v) is 2.94. The first-order valence-electron chi connectivity index (χ1n) is 4.48. The third kappa shape index (κ3) is 2.70. The minimum Gasteiger partial charge on any atom is -0.473 e. The van der Waals surface area contributed by atoms with Crippen LogP contribution in [0.3, 0.4) is 0 Å². The molecule has 1 heterocycles. The quantitative estimate of drug-likeness (QED) is 0.767. The van der Waals surface area contributed by atoms with Crippen molar-refractivity contribution in [1.82, 2.24) is 10.8 Å². The van der Waals surface area contributed by atoms with Crippen LogP contribution in [0, 0.1) is 0 Å². The molecule has 1 aromatic rings. The normalized spacial score (nSPS) is 14.5. The van der Waals surface area contributed by atoms with E-state index < -0.39 is 0 Å². The Labute approximate surface area is 86.6 Å². The lowest BCUT2D eigenvalue weighted by atomic mass is 10.2. The predicted octanol–water partition coefficient (Wildman–Crippen LogP) is 1.74. The zero-order chi connectivity index (χ0) is 10.5. The molecule has 0 aliphatic carbocycles. The molecule has 0 saturated heterocycles. The van der Waals surface area contributed by atoms with Crippen molar-refractivity contribution >= 4 is 6.21 Å². The van der Waals surface area contributed by atoms with Crippen molar-refractivity contribution in [2.45, 2.75) is 6.61 Å². The molecule has 0 fully saturated rings. The molecule has 1 N–H and O–H groups in total. The van der Waals surface area contributed by atoms with Crippen molar-refractivity contribution in [1.29, 1.82) is 0 Å². The lowest BCUT2D eigenvalue weighted by molar-refractivity contribution is -0.0443. The fourth-order valence-electron chi connectivity index (χ4n) is 1.13. The fourth-order valence-corrected chi connectivity index (χ4v) is 1.13. The zero-order valence-corrected chi connectivity index (χ0v) is 7.93. The highest BCUT2D eigenvalue weighted by molar-refractivity contribution is 5.71. The Bertz CT molecular complexity index is 378. The van der Waals surface area contributed by atoms with Crippen molar-refractivity contribution in [2.24, 2.45) is 5.10 Å². The third-order valence-corrected chi connectivity index (χ3v) is 1.83. The van der Waals surface area contributed by atoms with Crippen LogP contribution in [0.25, 0.3) is 0 Å². The van der Waals surface area contributed by atoms with E-state index >= 15 is 0 Å². The van der Waals surface area contributed by atoms with Crippen molar-refractivity contribution in [3.8, 4) is 0 Å². The molecule has 0 spiro atoms. The average molecular weight is 207 g/mol. The zero-order valence-electron chi connectivity index (χ0n) is 7.93. The molecule has 5 heteroatoms. The summed E-state index contributed by atoms with van der Waals surface area (Å²) in [5.74, 6) is 0.330. The fraction of sp³-hybridized carbons (Fsp3) is 0.100. The van der Waals surface area contributed by atoms with Crippen LogP contribution in [0.2, 0.25) is 0 Å². The molecule has 0 bridgehead atoms. The van der Waals surface area contributed by atoms with Crippen molar-refractivity contribution in [3.63, 3.8) is 0 Å². The Hall–Kier alpha value is -2.04. The smallest absolute Gasteiger partial charge is 0.211 e. The lowest BCUT2D eigenvalue weighted by Gasteiger charge is -2.16. The number of nitrogens with one attached hydrogen (secondary N) is 1. The number of nitrogens with zero attached hydrogens (tertiary/aromatic N) is 2. The summed E-state index contributed by atoms with van der Waals surface area (Å²) < 4.78 is 17.9. The van der Waals surface area contributed by atoms with Crippen LogP contribution in [-0.4, -0.2) is 11.6 Å². The van der Waals surface area contributed by atoms with E-state index in [1.54, 1.807) is 6.08 Å². The molecule has 0 unspecified atom stereocenters. The third-order valence-electron chi connectivity index (χ3n) is 1.83. The van der Waals surface area contributed by atoms with Gasteiger partial charge in [-0.15, -0.1) is 5.10 Å². The molecule has 15 heavy (non-hydrogen) atoms. The van der Waals surface area contributed by atoms with Gasteiger partial charge in [-0.3, -0.25) is 0 Å². The minimum atomic E-state index is 0.0975. The number of benzene rings is 1. The van der Waals surface area contributed by atoms with Gasteiger partial charge in [0.1, 0.15) is 6.61 Å². The molecule has 0 amide bonds. The Morgan fingerprint density at radius 2 is 2.13 bits per heavy atom. The molecule has 0 aromatic heterocycles. The average Bonchev–Trinajstić information content (AvgIpc) is 2.28. The van der Waals surface area contributed by atoms with Crippen LogP contribution in [0.5, 0.6) is 0 Å². The molecule has 0 saturated carbocycles. The Morgan fingerprint density at radius 3 is 2.87 bits per heavy atom. The molecule has 1 aliphatic rings. The summed E-state index contributed by atoms with van der Waals surface area (Å²) in [7, 11) is 0. The Kier molecular flexibility index (Phi) is 2.82. The van der Waals surface area contributed by atoms with Crippen LogP contribution in [0.4, 0.5) is 4.48 Å². The molecule has 4 nitrogen and oxygen atoms in total. The van der Waals surface area contributed by atoms with E-state index in [2.05, 4.69) is 10.5 Å². The van der Waals surface area contributed by atoms with E-state index in [-0.39, 0.29) is 5.34 Å². The molecule has 2 rings (SSSR count). The first-order valence-corrected chi connectivity index (χ1v) is 4.48. The van der Waals surface area contributed by atoms with E-state index in [1.807, 2.05) is 30.3 Å². The molecular formula is C10H10FN3O. The molecular weight excluding hydrogens is 197 g/mol. The van der Waals surface area contributed by atoms with Crippen LogP contribution in [-0.2, 0) is 11.3 Å². The van der Waals surface area contributed by atoms with Gasteiger partial charge in [0, 0.05) is 6.08 Å². The van der Waals surface area contributed by atoms with Gasteiger partial charge in [-0.25, -0.2) is 5.43 Å². The Balaban J connectivity index is 1.89. The van der Waals surface area contributed by atoms with Gasteiger partial charge in [-0.05, 0) is 10.9 Å². The summed E-state index contributed by atoms with van der Waals surface area (Å²) in [6.45, 7) is 0.390. The second kappa shape index (κ2) is 4.45. The summed E-state index contributed by atoms with van der Waals surface area (Å²) in [6.07, 6.45) is 2.87. The molecule has 0 radical (unpaired) electrons. The molecule has 78 valence electrons. The van der Waals surface area contributed by atoms with Crippen LogP contribution in [0.1, 0.15) is 5.56 Å². The van der Waals surface area contributed by atoms with Gasteiger partial charge in [-0.1, -0.05) is 34.8 Å². The predicted molar refractivity (Wildman–Crippen MR) is 53.9 cm³/mol. The summed E-state index contributed by atoms with van der Waals surface area (Å²) in [4.78, 5) is 0. The molecule has 0 atom stereocenters. The van der Waals surface area contributed by atoms with Gasteiger partial charge < -0.3 is 4.74 Å². The van der Waals surface area contributed by atoms with E-state index in [9.17, 15) is 4.48 Å². The van der Waals surface area contributed by atoms with E-state index in [1.165, 1.54) is 6.21 Å². The van der Waals surface area contributed by atoms with Crippen LogP contribution in [0.15, 0.2) is 47.4 Å². The summed E-state index contributed by atoms with van der Waals surface area (Å²) in [5.41, 5.74) is 3.32. The standard InChI is InChI=1S/C10H10FN3O/c11-14-12-7-6-10(13-14)15-8-9-4-2-1-3-5-9/h1-7,13H,8H2. The van der Waals surface area contributed by atoms with Gasteiger partial charge in [0.2, 0.25) is 5.88 Å². The number of ether oxygens (including phenoxy) is 1. The number of rotatable bonds is 3. The van der Waals surface area contributed by atoms with Crippen molar-refractivity contribution in [3.05, 3.63) is 47.9 Å². The van der Waals surface area contributed by atoms with Gasteiger partial charge in [-0.2, -0.15) is 0 Å². The van der Waals surface area contributed by atoms with Gasteiger partial charge >= 0.3 is 0 Å². The maximum absolute atomic E-state index is 12.6. The van der Waals surface area contributed by atoms with Crippen LogP contribution >= 0.6 is 0 Å². The highest BCUT2D eigenvalue weighted by Crippen LogP contribution is 2.06. The number of hydrazone groups is 1. The topological polar surface area (TPSA) is 36.9 Å². The van der Waals surface area contributed by atoms with Gasteiger partial charge in [0.15, 0.2) is 0 Å². The van der Waals surface area contributed by atoms with E-state index in [0.717, 1.165) is 5.56 Å². The highest BCUT2D eigenvalue weighted by atomic mass is 19.2. The second-order valence-electron chi connectivity index (χ2n) is 2.94.